The summed E-state index contributed by atoms with van der Waals surface area (Å²) in [5.41, 5.74) is 3.95. The second-order valence-electron chi connectivity index (χ2n) is 6.85. The number of rotatable bonds is 2. The molecule has 4 aromatic carbocycles. The van der Waals surface area contributed by atoms with E-state index in [1.165, 1.54) is 0 Å². The Balaban J connectivity index is 0.000000645. The summed E-state index contributed by atoms with van der Waals surface area (Å²) < 4.78 is 6.22. The molecule has 0 saturated carbocycles. The molecule has 0 fully saturated rings. The van der Waals surface area contributed by atoms with E-state index in [1.54, 1.807) is 18.2 Å². The number of benzene rings is 4. The van der Waals surface area contributed by atoms with E-state index >= 15 is 0 Å². The van der Waals surface area contributed by atoms with E-state index in [1.807, 2.05) is 49.4 Å². The van der Waals surface area contributed by atoms with Crippen molar-refractivity contribution in [1.82, 2.24) is 0 Å². The Morgan fingerprint density at radius 3 is 2.31 bits per heavy atom. The predicted octanol–water partition coefficient (Wildman–Crippen LogP) is 5.28. The van der Waals surface area contributed by atoms with Gasteiger partial charge in [0.15, 0.2) is 0 Å². The van der Waals surface area contributed by atoms with E-state index in [2.05, 4.69) is 30.8 Å². The SMILES string of the molecule is C=CC.OB(O)c1cccc(-c2cc3ccccc3c3c2oc2ccccc23)c1. The van der Waals surface area contributed by atoms with Gasteiger partial charge in [-0.2, -0.15) is 0 Å². The molecule has 142 valence electrons. The highest BCUT2D eigenvalue weighted by atomic mass is 16.4. The first-order valence-corrected chi connectivity index (χ1v) is 9.50. The van der Waals surface area contributed by atoms with Crippen LogP contribution in [0, 0.1) is 0 Å². The van der Waals surface area contributed by atoms with Gasteiger partial charge in [-0.1, -0.05) is 72.8 Å². The maximum Gasteiger partial charge on any atom is 0.488 e. The highest BCUT2D eigenvalue weighted by Crippen LogP contribution is 2.40. The lowest BCUT2D eigenvalue weighted by atomic mass is 9.79. The maximum absolute atomic E-state index is 9.53. The van der Waals surface area contributed by atoms with E-state index in [0.29, 0.717) is 5.46 Å². The van der Waals surface area contributed by atoms with Crippen LogP contribution in [-0.2, 0) is 0 Å². The van der Waals surface area contributed by atoms with Crippen molar-refractivity contribution in [2.24, 2.45) is 0 Å². The summed E-state index contributed by atoms with van der Waals surface area (Å²) in [5.74, 6) is 0. The molecule has 0 amide bonds. The van der Waals surface area contributed by atoms with Gasteiger partial charge in [-0.05, 0) is 40.9 Å². The third-order valence-electron chi connectivity index (χ3n) is 4.87. The molecule has 0 atom stereocenters. The van der Waals surface area contributed by atoms with Crippen LogP contribution in [0.1, 0.15) is 6.92 Å². The molecule has 5 rings (SSSR count). The second kappa shape index (κ2) is 7.96. The Morgan fingerprint density at radius 1 is 0.862 bits per heavy atom. The smallest absolute Gasteiger partial charge is 0.455 e. The molecule has 2 N–H and O–H groups in total. The molecule has 0 aliphatic carbocycles. The number of hydrogen-bond acceptors (Lipinski definition) is 3. The van der Waals surface area contributed by atoms with E-state index in [9.17, 15) is 10.0 Å². The van der Waals surface area contributed by atoms with Gasteiger partial charge in [-0.3, -0.25) is 0 Å². The Bertz CT molecular complexity index is 1320. The standard InChI is InChI=1S/C22H15BO3.C3H6/c24-23(25)16-8-5-7-14(12-16)19-13-15-6-1-2-9-17(15)21-18-10-3-4-11-20(18)26-22(19)21;1-3-2/h1-13,24-25H;3H,1H2,2H3. The van der Waals surface area contributed by atoms with Crippen LogP contribution in [0.25, 0.3) is 43.8 Å². The Kier molecular flexibility index (Phi) is 5.21. The number of furan rings is 1. The van der Waals surface area contributed by atoms with Crippen LogP contribution in [0.5, 0.6) is 0 Å². The quantitative estimate of drug-likeness (QED) is 0.324. The summed E-state index contributed by atoms with van der Waals surface area (Å²) in [4.78, 5) is 0. The third-order valence-corrected chi connectivity index (χ3v) is 4.87. The van der Waals surface area contributed by atoms with Crippen molar-refractivity contribution in [3.63, 3.8) is 0 Å². The minimum Gasteiger partial charge on any atom is -0.455 e. The predicted molar refractivity (Wildman–Crippen MR) is 122 cm³/mol. The zero-order chi connectivity index (χ0) is 20.4. The molecule has 0 saturated heterocycles. The van der Waals surface area contributed by atoms with E-state index in [4.69, 9.17) is 4.42 Å². The van der Waals surface area contributed by atoms with Gasteiger partial charge in [0.2, 0.25) is 0 Å². The molecule has 3 nitrogen and oxygen atoms in total. The summed E-state index contributed by atoms with van der Waals surface area (Å²) in [6.07, 6.45) is 1.75. The average molecular weight is 380 g/mol. The van der Waals surface area contributed by atoms with Crippen LogP contribution in [0.4, 0.5) is 0 Å². The molecule has 29 heavy (non-hydrogen) atoms. The fourth-order valence-corrected chi connectivity index (χ4v) is 3.66. The van der Waals surface area contributed by atoms with E-state index in [-0.39, 0.29) is 0 Å². The largest absolute Gasteiger partial charge is 0.488 e. The second-order valence-corrected chi connectivity index (χ2v) is 6.85. The highest BCUT2D eigenvalue weighted by molar-refractivity contribution is 6.58. The van der Waals surface area contributed by atoms with Gasteiger partial charge in [-0.15, -0.1) is 6.58 Å². The lowest BCUT2D eigenvalue weighted by Crippen LogP contribution is -2.29. The molecule has 0 aliphatic heterocycles. The van der Waals surface area contributed by atoms with Gasteiger partial charge < -0.3 is 14.5 Å². The van der Waals surface area contributed by atoms with Crippen molar-refractivity contribution in [3.05, 3.63) is 91.5 Å². The average Bonchev–Trinajstić information content (AvgIpc) is 3.14. The fraction of sp³-hybridized carbons (Fsp3) is 0.0400. The monoisotopic (exact) mass is 380 g/mol. The van der Waals surface area contributed by atoms with Gasteiger partial charge in [0.05, 0.1) is 0 Å². The van der Waals surface area contributed by atoms with E-state index < -0.39 is 7.12 Å². The molecule has 0 aliphatic rings. The summed E-state index contributed by atoms with van der Waals surface area (Å²) in [6, 6.07) is 25.7. The molecule has 1 aromatic heterocycles. The number of allylic oxidation sites excluding steroid dienone is 1. The lowest BCUT2D eigenvalue weighted by Gasteiger charge is -2.08. The minimum absolute atomic E-state index is 0.458. The van der Waals surface area contributed by atoms with Gasteiger partial charge in [0, 0.05) is 16.3 Å². The van der Waals surface area contributed by atoms with Crippen LogP contribution in [0.3, 0.4) is 0 Å². The highest BCUT2D eigenvalue weighted by Gasteiger charge is 2.17. The van der Waals surface area contributed by atoms with Crippen molar-refractivity contribution in [1.29, 1.82) is 0 Å². The Labute approximate surface area is 169 Å². The molecular formula is C25H21BO3. The first-order valence-electron chi connectivity index (χ1n) is 9.50. The van der Waals surface area contributed by atoms with Crippen molar-refractivity contribution in [2.45, 2.75) is 6.92 Å². The first-order chi connectivity index (χ1) is 14.1. The fourth-order valence-electron chi connectivity index (χ4n) is 3.66. The maximum atomic E-state index is 9.53. The summed E-state index contributed by atoms with van der Waals surface area (Å²) in [5, 5.41) is 23.5. The summed E-state index contributed by atoms with van der Waals surface area (Å²) >= 11 is 0. The zero-order valence-electron chi connectivity index (χ0n) is 16.2. The van der Waals surface area contributed by atoms with Crippen LogP contribution in [0.15, 0.2) is 95.9 Å². The topological polar surface area (TPSA) is 53.6 Å². The van der Waals surface area contributed by atoms with Crippen molar-refractivity contribution in [2.75, 3.05) is 0 Å². The van der Waals surface area contributed by atoms with Crippen molar-refractivity contribution in [3.8, 4) is 11.1 Å². The number of fused-ring (bicyclic) bond motifs is 5. The van der Waals surface area contributed by atoms with Gasteiger partial charge in [0.25, 0.3) is 0 Å². The van der Waals surface area contributed by atoms with Crippen LogP contribution in [0.2, 0.25) is 0 Å². The zero-order valence-corrected chi connectivity index (χ0v) is 16.2. The summed E-state index contributed by atoms with van der Waals surface area (Å²) in [7, 11) is -1.50. The molecule has 5 aromatic rings. The molecule has 0 radical (unpaired) electrons. The number of para-hydroxylation sites is 1. The van der Waals surface area contributed by atoms with Crippen molar-refractivity contribution >= 4 is 45.3 Å². The van der Waals surface area contributed by atoms with E-state index in [0.717, 1.165) is 43.8 Å². The minimum atomic E-state index is -1.50. The number of hydrogen-bond donors (Lipinski definition) is 2. The molecule has 1 heterocycles. The molecule has 4 heteroatoms. The summed E-state index contributed by atoms with van der Waals surface area (Å²) in [6.45, 7) is 5.25. The lowest BCUT2D eigenvalue weighted by molar-refractivity contribution is 0.426. The van der Waals surface area contributed by atoms with Crippen LogP contribution >= 0.6 is 0 Å². The van der Waals surface area contributed by atoms with Gasteiger partial charge >= 0.3 is 7.12 Å². The molecule has 0 bridgehead atoms. The Hall–Kier alpha value is -3.34. The third kappa shape index (κ3) is 3.44. The normalized spacial score (nSPS) is 10.7. The van der Waals surface area contributed by atoms with Gasteiger partial charge in [0.1, 0.15) is 11.2 Å². The van der Waals surface area contributed by atoms with Crippen LogP contribution < -0.4 is 5.46 Å². The molecule has 0 spiro atoms. The first kappa shape index (κ1) is 19.0. The molecular weight excluding hydrogens is 359 g/mol. The van der Waals surface area contributed by atoms with Crippen LogP contribution in [-0.4, -0.2) is 17.2 Å². The van der Waals surface area contributed by atoms with Gasteiger partial charge in [-0.25, -0.2) is 0 Å². The van der Waals surface area contributed by atoms with Crippen molar-refractivity contribution < 1.29 is 14.5 Å². The molecule has 0 unspecified atom stereocenters. The Morgan fingerprint density at radius 2 is 1.55 bits per heavy atom.